The van der Waals surface area contributed by atoms with E-state index in [2.05, 4.69) is 64.0 Å². The first-order valence-corrected chi connectivity index (χ1v) is 11.3. The molecule has 1 fully saturated rings. The lowest BCUT2D eigenvalue weighted by molar-refractivity contribution is -0.131. The van der Waals surface area contributed by atoms with Gasteiger partial charge in [0, 0.05) is 38.9 Å². The fourth-order valence-electron chi connectivity index (χ4n) is 4.16. The SMILES string of the molecule is CN=C(NCCCn1nc(C)cc1C)NCC(=O)N1CCC(Cc2ccccc2)CC1.I. The lowest BCUT2D eigenvalue weighted by Crippen LogP contribution is -2.47. The molecule has 3 rings (SSSR count). The van der Waals surface area contributed by atoms with Gasteiger partial charge >= 0.3 is 0 Å². The Morgan fingerprint density at radius 1 is 1.16 bits per heavy atom. The molecular formula is C24H37IN6O. The molecule has 8 heteroatoms. The second kappa shape index (κ2) is 13.4. The van der Waals surface area contributed by atoms with Gasteiger partial charge in [-0.25, -0.2) is 0 Å². The number of aromatic nitrogens is 2. The zero-order chi connectivity index (χ0) is 22.1. The molecule has 1 saturated heterocycles. The lowest BCUT2D eigenvalue weighted by atomic mass is 9.90. The predicted molar refractivity (Wildman–Crippen MR) is 141 cm³/mol. The summed E-state index contributed by atoms with van der Waals surface area (Å²) in [5.74, 6) is 1.47. The molecule has 0 saturated carbocycles. The molecule has 2 N–H and O–H groups in total. The van der Waals surface area contributed by atoms with E-state index in [0.717, 1.165) is 57.6 Å². The first kappa shape index (κ1) is 26.2. The highest BCUT2D eigenvalue weighted by Crippen LogP contribution is 2.21. The Bertz CT molecular complexity index is 859. The van der Waals surface area contributed by atoms with Crippen LogP contribution >= 0.6 is 24.0 Å². The van der Waals surface area contributed by atoms with E-state index in [1.807, 2.05) is 16.5 Å². The quantitative estimate of drug-likeness (QED) is 0.229. The van der Waals surface area contributed by atoms with Gasteiger partial charge in [0.25, 0.3) is 0 Å². The van der Waals surface area contributed by atoms with Gasteiger partial charge in [0.2, 0.25) is 5.91 Å². The number of benzene rings is 1. The number of likely N-dealkylation sites (tertiary alicyclic amines) is 1. The third kappa shape index (κ3) is 8.11. The van der Waals surface area contributed by atoms with Crippen molar-refractivity contribution >= 4 is 35.8 Å². The molecule has 0 atom stereocenters. The average Bonchev–Trinajstić information content (AvgIpc) is 3.11. The van der Waals surface area contributed by atoms with E-state index in [4.69, 9.17) is 0 Å². The summed E-state index contributed by atoms with van der Waals surface area (Å²) in [6, 6.07) is 12.7. The fraction of sp³-hybridized carbons (Fsp3) is 0.542. The molecule has 0 spiro atoms. The fourth-order valence-corrected chi connectivity index (χ4v) is 4.16. The molecule has 2 heterocycles. The van der Waals surface area contributed by atoms with Gasteiger partial charge in [-0.3, -0.25) is 14.5 Å². The summed E-state index contributed by atoms with van der Waals surface area (Å²) in [5, 5.41) is 10.9. The number of guanidine groups is 1. The van der Waals surface area contributed by atoms with E-state index in [9.17, 15) is 4.79 Å². The topological polar surface area (TPSA) is 74.5 Å². The number of halogens is 1. The molecule has 0 aliphatic carbocycles. The summed E-state index contributed by atoms with van der Waals surface area (Å²) in [7, 11) is 1.73. The van der Waals surface area contributed by atoms with Crippen molar-refractivity contribution in [2.24, 2.45) is 10.9 Å². The second-order valence-electron chi connectivity index (χ2n) is 8.37. The summed E-state index contributed by atoms with van der Waals surface area (Å²) >= 11 is 0. The van der Waals surface area contributed by atoms with E-state index in [0.29, 0.717) is 11.9 Å². The molecule has 176 valence electrons. The minimum Gasteiger partial charge on any atom is -0.356 e. The highest BCUT2D eigenvalue weighted by Gasteiger charge is 2.22. The van der Waals surface area contributed by atoms with Crippen LogP contribution in [0.25, 0.3) is 0 Å². The summed E-state index contributed by atoms with van der Waals surface area (Å²) in [6.07, 6.45) is 4.18. The Morgan fingerprint density at radius 3 is 2.50 bits per heavy atom. The van der Waals surface area contributed by atoms with Crippen molar-refractivity contribution in [1.82, 2.24) is 25.3 Å². The number of carbonyl (C=O) groups excluding carboxylic acids is 1. The van der Waals surface area contributed by atoms with Gasteiger partial charge < -0.3 is 15.5 Å². The number of nitrogens with zero attached hydrogens (tertiary/aromatic N) is 4. The molecule has 1 aromatic heterocycles. The molecule has 32 heavy (non-hydrogen) atoms. The number of hydrogen-bond acceptors (Lipinski definition) is 3. The Morgan fingerprint density at radius 2 is 1.88 bits per heavy atom. The van der Waals surface area contributed by atoms with E-state index < -0.39 is 0 Å². The minimum absolute atomic E-state index is 0. The van der Waals surface area contributed by atoms with Gasteiger partial charge in [0.1, 0.15) is 0 Å². The molecular weight excluding hydrogens is 515 g/mol. The molecule has 7 nitrogen and oxygen atoms in total. The van der Waals surface area contributed by atoms with Crippen LogP contribution in [-0.2, 0) is 17.8 Å². The molecule has 1 amide bonds. The highest BCUT2D eigenvalue weighted by atomic mass is 127. The van der Waals surface area contributed by atoms with Crippen LogP contribution in [-0.4, -0.2) is 59.8 Å². The van der Waals surface area contributed by atoms with Gasteiger partial charge in [-0.1, -0.05) is 30.3 Å². The van der Waals surface area contributed by atoms with E-state index in [1.54, 1.807) is 7.05 Å². The standard InChI is InChI=1S/C24H36N6O.HI/c1-19-16-20(2)30(28-19)13-7-12-26-24(25-3)27-18-23(31)29-14-10-22(11-15-29)17-21-8-5-4-6-9-21;/h4-6,8-9,16,22H,7,10-15,17-18H2,1-3H3,(H2,25,26,27);1H. The number of hydrogen-bond donors (Lipinski definition) is 2. The van der Waals surface area contributed by atoms with Crippen LogP contribution < -0.4 is 10.6 Å². The van der Waals surface area contributed by atoms with E-state index in [-0.39, 0.29) is 36.4 Å². The highest BCUT2D eigenvalue weighted by molar-refractivity contribution is 14.0. The van der Waals surface area contributed by atoms with Crippen molar-refractivity contribution in [3.63, 3.8) is 0 Å². The Kier molecular flexibility index (Phi) is 11.0. The molecule has 1 aliphatic heterocycles. The maximum atomic E-state index is 12.6. The van der Waals surface area contributed by atoms with Crippen molar-refractivity contribution in [3.8, 4) is 0 Å². The average molecular weight is 553 g/mol. The maximum absolute atomic E-state index is 12.6. The summed E-state index contributed by atoms with van der Waals surface area (Å²) in [5.41, 5.74) is 3.62. The summed E-state index contributed by atoms with van der Waals surface area (Å²) in [6.45, 7) is 7.68. The Balaban J connectivity index is 0.00000363. The smallest absolute Gasteiger partial charge is 0.241 e. The number of amides is 1. The van der Waals surface area contributed by atoms with Crippen LogP contribution in [0.4, 0.5) is 0 Å². The molecule has 1 aromatic carbocycles. The van der Waals surface area contributed by atoms with Gasteiger partial charge in [-0.15, -0.1) is 24.0 Å². The van der Waals surface area contributed by atoms with Crippen LogP contribution in [0.5, 0.6) is 0 Å². The van der Waals surface area contributed by atoms with Crippen LogP contribution in [0, 0.1) is 19.8 Å². The maximum Gasteiger partial charge on any atom is 0.241 e. The van der Waals surface area contributed by atoms with E-state index >= 15 is 0 Å². The number of aryl methyl sites for hydroxylation is 3. The first-order chi connectivity index (χ1) is 15.0. The van der Waals surface area contributed by atoms with Gasteiger partial charge in [-0.2, -0.15) is 5.10 Å². The van der Waals surface area contributed by atoms with Gasteiger partial charge in [-0.05, 0) is 57.1 Å². The zero-order valence-corrected chi connectivity index (χ0v) is 21.8. The van der Waals surface area contributed by atoms with Crippen molar-refractivity contribution < 1.29 is 4.79 Å². The van der Waals surface area contributed by atoms with E-state index in [1.165, 1.54) is 11.3 Å². The van der Waals surface area contributed by atoms with Crippen molar-refractivity contribution in [1.29, 1.82) is 0 Å². The second-order valence-corrected chi connectivity index (χ2v) is 8.37. The predicted octanol–water partition coefficient (Wildman–Crippen LogP) is 3.15. The number of piperidine rings is 1. The van der Waals surface area contributed by atoms with Crippen LogP contribution in [0.1, 0.15) is 36.2 Å². The summed E-state index contributed by atoms with van der Waals surface area (Å²) in [4.78, 5) is 18.8. The molecule has 1 aliphatic rings. The van der Waals surface area contributed by atoms with Crippen LogP contribution in [0.3, 0.4) is 0 Å². The Labute approximate surface area is 209 Å². The molecule has 0 radical (unpaired) electrons. The van der Waals surface area contributed by atoms with Gasteiger partial charge in [0.05, 0.1) is 12.2 Å². The third-order valence-corrected chi connectivity index (χ3v) is 5.91. The first-order valence-electron chi connectivity index (χ1n) is 11.3. The molecule has 0 unspecified atom stereocenters. The lowest BCUT2D eigenvalue weighted by Gasteiger charge is -2.32. The minimum atomic E-state index is 0. The monoisotopic (exact) mass is 552 g/mol. The molecule has 2 aromatic rings. The molecule has 0 bridgehead atoms. The summed E-state index contributed by atoms with van der Waals surface area (Å²) < 4.78 is 2.03. The van der Waals surface area contributed by atoms with Crippen LogP contribution in [0.2, 0.25) is 0 Å². The Hall–Kier alpha value is -2.10. The van der Waals surface area contributed by atoms with Crippen molar-refractivity contribution in [2.75, 3.05) is 33.2 Å². The van der Waals surface area contributed by atoms with Gasteiger partial charge in [0.15, 0.2) is 5.96 Å². The number of aliphatic imine (C=N–C) groups is 1. The normalized spacial score (nSPS) is 14.7. The van der Waals surface area contributed by atoms with Crippen LogP contribution in [0.15, 0.2) is 41.4 Å². The van der Waals surface area contributed by atoms with Crippen molar-refractivity contribution in [3.05, 3.63) is 53.3 Å². The largest absolute Gasteiger partial charge is 0.356 e. The zero-order valence-electron chi connectivity index (χ0n) is 19.5. The number of rotatable bonds is 8. The van der Waals surface area contributed by atoms with Crippen molar-refractivity contribution in [2.45, 2.75) is 46.1 Å². The number of carbonyl (C=O) groups is 1. The third-order valence-electron chi connectivity index (χ3n) is 5.91. The number of nitrogens with one attached hydrogen (secondary N) is 2.